The Hall–Kier alpha value is -0.830. The van der Waals surface area contributed by atoms with Crippen LogP contribution >= 0.6 is 11.6 Å². The monoisotopic (exact) mass is 239 g/mol. The van der Waals surface area contributed by atoms with Gasteiger partial charge in [0.2, 0.25) is 0 Å². The first-order chi connectivity index (χ1) is 7.65. The van der Waals surface area contributed by atoms with Gasteiger partial charge in [-0.15, -0.1) is 0 Å². The second-order valence-corrected chi connectivity index (χ2v) is 4.87. The summed E-state index contributed by atoms with van der Waals surface area (Å²) in [6.07, 6.45) is 5.20. The Labute approximate surface area is 102 Å². The van der Waals surface area contributed by atoms with Gasteiger partial charge in [-0.3, -0.25) is 0 Å². The second kappa shape index (κ2) is 4.58. The molecule has 1 aliphatic rings. The molecular formula is C12H18ClN3. The van der Waals surface area contributed by atoms with E-state index in [-0.39, 0.29) is 0 Å². The van der Waals surface area contributed by atoms with Crippen molar-refractivity contribution in [2.45, 2.75) is 52.1 Å². The average Bonchev–Trinajstić information content (AvgIpc) is 2.64. The SMILES string of the molecule is CCC1CCC(C)N1c1ncnc(Cl)c1C. The molecule has 0 bridgehead atoms. The Morgan fingerprint density at radius 1 is 1.44 bits per heavy atom. The quantitative estimate of drug-likeness (QED) is 0.743. The average molecular weight is 240 g/mol. The van der Waals surface area contributed by atoms with Crippen LogP contribution in [0.15, 0.2) is 6.33 Å². The van der Waals surface area contributed by atoms with Gasteiger partial charge < -0.3 is 4.90 Å². The lowest BCUT2D eigenvalue weighted by molar-refractivity contribution is 0.618. The lowest BCUT2D eigenvalue weighted by Crippen LogP contribution is -2.35. The zero-order valence-corrected chi connectivity index (χ0v) is 10.8. The minimum atomic E-state index is 0.551. The molecule has 2 rings (SSSR count). The van der Waals surface area contributed by atoms with Crippen LogP contribution in [-0.4, -0.2) is 22.1 Å². The Kier molecular flexibility index (Phi) is 3.33. The summed E-state index contributed by atoms with van der Waals surface area (Å²) >= 11 is 6.05. The van der Waals surface area contributed by atoms with Crippen LogP contribution in [0.5, 0.6) is 0 Å². The number of anilines is 1. The topological polar surface area (TPSA) is 29.0 Å². The van der Waals surface area contributed by atoms with E-state index in [2.05, 4.69) is 28.7 Å². The molecule has 0 radical (unpaired) electrons. The highest BCUT2D eigenvalue weighted by Crippen LogP contribution is 2.33. The fourth-order valence-electron chi connectivity index (χ4n) is 2.53. The third-order valence-corrected chi connectivity index (χ3v) is 3.88. The molecule has 88 valence electrons. The third kappa shape index (κ3) is 1.88. The van der Waals surface area contributed by atoms with Gasteiger partial charge in [-0.2, -0.15) is 0 Å². The maximum atomic E-state index is 6.05. The van der Waals surface area contributed by atoms with Gasteiger partial charge in [0.15, 0.2) is 0 Å². The summed E-state index contributed by atoms with van der Waals surface area (Å²) in [4.78, 5) is 10.8. The van der Waals surface area contributed by atoms with Gasteiger partial charge in [0.25, 0.3) is 0 Å². The van der Waals surface area contributed by atoms with Crippen LogP contribution in [-0.2, 0) is 0 Å². The standard InChI is InChI=1S/C12H18ClN3/c1-4-10-6-5-8(2)16(10)12-9(3)11(13)14-7-15-12/h7-8,10H,4-6H2,1-3H3. The van der Waals surface area contributed by atoms with Crippen molar-refractivity contribution in [1.82, 2.24) is 9.97 Å². The van der Waals surface area contributed by atoms with Crippen molar-refractivity contribution >= 4 is 17.4 Å². The van der Waals surface area contributed by atoms with E-state index in [4.69, 9.17) is 11.6 Å². The van der Waals surface area contributed by atoms with Crippen LogP contribution in [0.1, 0.15) is 38.7 Å². The van der Waals surface area contributed by atoms with Crippen molar-refractivity contribution in [2.24, 2.45) is 0 Å². The molecule has 1 aliphatic heterocycles. The first-order valence-corrected chi connectivity index (χ1v) is 6.28. The fourth-order valence-corrected chi connectivity index (χ4v) is 2.66. The van der Waals surface area contributed by atoms with Crippen molar-refractivity contribution in [3.05, 3.63) is 17.0 Å². The summed E-state index contributed by atoms with van der Waals surface area (Å²) in [5.74, 6) is 1.01. The molecule has 0 N–H and O–H groups in total. The largest absolute Gasteiger partial charge is 0.351 e. The first-order valence-electron chi connectivity index (χ1n) is 5.90. The van der Waals surface area contributed by atoms with E-state index in [1.54, 1.807) is 6.33 Å². The van der Waals surface area contributed by atoms with E-state index in [0.717, 1.165) is 17.8 Å². The van der Waals surface area contributed by atoms with E-state index in [0.29, 0.717) is 17.2 Å². The van der Waals surface area contributed by atoms with E-state index in [9.17, 15) is 0 Å². The minimum Gasteiger partial charge on any atom is -0.351 e. The van der Waals surface area contributed by atoms with Gasteiger partial charge in [-0.1, -0.05) is 18.5 Å². The highest BCUT2D eigenvalue weighted by molar-refractivity contribution is 6.30. The van der Waals surface area contributed by atoms with Gasteiger partial charge in [-0.05, 0) is 33.1 Å². The molecule has 1 aromatic heterocycles. The smallest absolute Gasteiger partial charge is 0.137 e. The van der Waals surface area contributed by atoms with E-state index in [1.165, 1.54) is 12.8 Å². The molecular weight excluding hydrogens is 222 g/mol. The van der Waals surface area contributed by atoms with Crippen LogP contribution in [0.2, 0.25) is 5.15 Å². The molecule has 0 aliphatic carbocycles. The number of nitrogens with zero attached hydrogens (tertiary/aromatic N) is 3. The Bertz CT molecular complexity index is 381. The molecule has 1 saturated heterocycles. The minimum absolute atomic E-state index is 0.551. The Morgan fingerprint density at radius 3 is 2.88 bits per heavy atom. The lowest BCUT2D eigenvalue weighted by atomic mass is 10.1. The van der Waals surface area contributed by atoms with Crippen LogP contribution in [0.4, 0.5) is 5.82 Å². The summed E-state index contributed by atoms with van der Waals surface area (Å²) in [5, 5.41) is 0.568. The lowest BCUT2D eigenvalue weighted by Gasteiger charge is -2.30. The maximum Gasteiger partial charge on any atom is 0.137 e. The fraction of sp³-hybridized carbons (Fsp3) is 0.667. The molecule has 0 saturated carbocycles. The summed E-state index contributed by atoms with van der Waals surface area (Å²) < 4.78 is 0. The first kappa shape index (κ1) is 11.6. The molecule has 1 aromatic rings. The Balaban J connectivity index is 2.38. The zero-order valence-electron chi connectivity index (χ0n) is 10.1. The van der Waals surface area contributed by atoms with E-state index < -0.39 is 0 Å². The number of rotatable bonds is 2. The van der Waals surface area contributed by atoms with E-state index >= 15 is 0 Å². The van der Waals surface area contributed by atoms with Gasteiger partial charge in [0, 0.05) is 17.6 Å². The molecule has 2 atom stereocenters. The number of hydrogen-bond acceptors (Lipinski definition) is 3. The molecule has 2 heterocycles. The molecule has 2 unspecified atom stereocenters. The number of aromatic nitrogens is 2. The Morgan fingerprint density at radius 2 is 2.19 bits per heavy atom. The molecule has 3 nitrogen and oxygen atoms in total. The normalized spacial score (nSPS) is 25.1. The summed E-state index contributed by atoms with van der Waals surface area (Å²) in [6.45, 7) is 6.48. The van der Waals surface area contributed by atoms with Crippen LogP contribution in [0.25, 0.3) is 0 Å². The highest BCUT2D eigenvalue weighted by Gasteiger charge is 2.31. The second-order valence-electron chi connectivity index (χ2n) is 4.51. The number of halogens is 1. The summed E-state index contributed by atoms with van der Waals surface area (Å²) in [5.41, 5.74) is 0.997. The zero-order chi connectivity index (χ0) is 11.7. The molecule has 4 heteroatoms. The molecule has 0 spiro atoms. The van der Waals surface area contributed by atoms with Crippen LogP contribution in [0.3, 0.4) is 0 Å². The van der Waals surface area contributed by atoms with Gasteiger partial charge in [-0.25, -0.2) is 9.97 Å². The van der Waals surface area contributed by atoms with Crippen molar-refractivity contribution < 1.29 is 0 Å². The van der Waals surface area contributed by atoms with Crippen molar-refractivity contribution in [3.63, 3.8) is 0 Å². The molecule has 1 fully saturated rings. The van der Waals surface area contributed by atoms with Crippen LogP contribution in [0, 0.1) is 6.92 Å². The number of hydrogen-bond donors (Lipinski definition) is 0. The third-order valence-electron chi connectivity index (χ3n) is 3.50. The predicted octanol–water partition coefficient (Wildman–Crippen LogP) is 3.21. The highest BCUT2D eigenvalue weighted by atomic mass is 35.5. The van der Waals surface area contributed by atoms with Gasteiger partial charge in [0.1, 0.15) is 17.3 Å². The maximum absolute atomic E-state index is 6.05. The predicted molar refractivity (Wildman–Crippen MR) is 67.0 cm³/mol. The molecule has 16 heavy (non-hydrogen) atoms. The van der Waals surface area contributed by atoms with E-state index in [1.807, 2.05) is 6.92 Å². The summed E-state index contributed by atoms with van der Waals surface area (Å²) in [7, 11) is 0. The van der Waals surface area contributed by atoms with Crippen molar-refractivity contribution in [3.8, 4) is 0 Å². The van der Waals surface area contributed by atoms with Crippen LogP contribution < -0.4 is 4.90 Å². The molecule has 0 amide bonds. The van der Waals surface area contributed by atoms with Crippen molar-refractivity contribution in [2.75, 3.05) is 4.90 Å². The van der Waals surface area contributed by atoms with Crippen molar-refractivity contribution in [1.29, 1.82) is 0 Å². The summed E-state index contributed by atoms with van der Waals surface area (Å²) in [6, 6.07) is 1.15. The van der Waals surface area contributed by atoms with Gasteiger partial charge >= 0.3 is 0 Å². The van der Waals surface area contributed by atoms with Gasteiger partial charge in [0.05, 0.1) is 0 Å². The molecule has 0 aromatic carbocycles.